The minimum atomic E-state index is -0.126. The summed E-state index contributed by atoms with van der Waals surface area (Å²) in [7, 11) is 3.42. The van der Waals surface area contributed by atoms with Crippen molar-refractivity contribution in [1.82, 2.24) is 9.47 Å². The van der Waals surface area contributed by atoms with Crippen LogP contribution in [-0.4, -0.2) is 29.6 Å². The van der Waals surface area contributed by atoms with E-state index in [-0.39, 0.29) is 6.03 Å². The average Bonchev–Trinajstić information content (AvgIpc) is 2.83. The van der Waals surface area contributed by atoms with E-state index in [9.17, 15) is 4.79 Å². The number of nitrogens with zero attached hydrogens (tertiary/aromatic N) is 2. The molecule has 0 atom stereocenters. The molecule has 1 heterocycles. The molecular formula is C13H15N3O. The summed E-state index contributed by atoms with van der Waals surface area (Å²) >= 11 is 0. The fourth-order valence-electron chi connectivity index (χ4n) is 1.46. The van der Waals surface area contributed by atoms with Crippen LogP contribution in [0.15, 0.2) is 48.8 Å². The first kappa shape index (κ1) is 11.3. The van der Waals surface area contributed by atoms with Crippen molar-refractivity contribution in [2.75, 3.05) is 19.4 Å². The first-order chi connectivity index (χ1) is 8.16. The van der Waals surface area contributed by atoms with Crippen LogP contribution in [0.4, 0.5) is 10.5 Å². The number of nitrogens with one attached hydrogen (secondary N) is 1. The minimum absolute atomic E-state index is 0.126. The highest BCUT2D eigenvalue weighted by Crippen LogP contribution is 2.13. The Balaban J connectivity index is 2.11. The molecule has 2 aromatic rings. The third kappa shape index (κ3) is 2.66. The number of carbonyl (C=O) groups excluding carboxylic acids is 1. The van der Waals surface area contributed by atoms with Gasteiger partial charge in [0, 0.05) is 37.9 Å². The number of amides is 2. The fraction of sp³-hybridized carbons (Fsp3) is 0.154. The molecule has 4 heteroatoms. The number of rotatable bonds is 2. The van der Waals surface area contributed by atoms with Crippen LogP contribution >= 0.6 is 0 Å². The summed E-state index contributed by atoms with van der Waals surface area (Å²) in [6, 6.07) is 11.5. The standard InChI is InChI=1S/C13H15N3O/c1-15(2)13(17)14-11-5-7-12(8-6-11)16-9-3-4-10-16/h3-10H,1-2H3,(H,14,17). The summed E-state index contributed by atoms with van der Waals surface area (Å²) in [6.45, 7) is 0. The average molecular weight is 229 g/mol. The van der Waals surface area contributed by atoms with E-state index >= 15 is 0 Å². The summed E-state index contributed by atoms with van der Waals surface area (Å²) < 4.78 is 2.01. The number of hydrogen-bond acceptors (Lipinski definition) is 1. The summed E-state index contributed by atoms with van der Waals surface area (Å²) in [5.74, 6) is 0. The Morgan fingerprint density at radius 1 is 1.12 bits per heavy atom. The molecule has 2 amide bonds. The summed E-state index contributed by atoms with van der Waals surface area (Å²) in [5, 5.41) is 2.79. The van der Waals surface area contributed by atoms with Crippen LogP contribution in [-0.2, 0) is 0 Å². The van der Waals surface area contributed by atoms with Crippen molar-refractivity contribution in [3.8, 4) is 5.69 Å². The predicted octanol–water partition coefficient (Wildman–Crippen LogP) is 2.57. The Labute approximate surface area is 100 Å². The predicted molar refractivity (Wildman–Crippen MR) is 68.5 cm³/mol. The van der Waals surface area contributed by atoms with Crippen molar-refractivity contribution in [3.05, 3.63) is 48.8 Å². The molecule has 0 saturated carbocycles. The van der Waals surface area contributed by atoms with E-state index in [0.717, 1.165) is 11.4 Å². The van der Waals surface area contributed by atoms with Crippen LogP contribution in [0.2, 0.25) is 0 Å². The van der Waals surface area contributed by atoms with E-state index < -0.39 is 0 Å². The van der Waals surface area contributed by atoms with Crippen LogP contribution < -0.4 is 5.32 Å². The van der Waals surface area contributed by atoms with E-state index in [2.05, 4.69) is 5.32 Å². The van der Waals surface area contributed by atoms with Gasteiger partial charge in [0.25, 0.3) is 0 Å². The van der Waals surface area contributed by atoms with Crippen molar-refractivity contribution < 1.29 is 4.79 Å². The van der Waals surface area contributed by atoms with Gasteiger partial charge in [-0.1, -0.05) is 0 Å². The van der Waals surface area contributed by atoms with E-state index in [1.165, 1.54) is 4.90 Å². The van der Waals surface area contributed by atoms with Crippen LogP contribution in [0.25, 0.3) is 5.69 Å². The van der Waals surface area contributed by atoms with Crippen molar-refractivity contribution in [1.29, 1.82) is 0 Å². The van der Waals surface area contributed by atoms with Crippen LogP contribution in [0.3, 0.4) is 0 Å². The molecule has 1 aromatic carbocycles. The normalized spacial score (nSPS) is 10.0. The zero-order valence-electron chi connectivity index (χ0n) is 9.92. The second kappa shape index (κ2) is 4.74. The number of hydrogen-bond donors (Lipinski definition) is 1. The van der Waals surface area contributed by atoms with Gasteiger partial charge < -0.3 is 14.8 Å². The number of benzene rings is 1. The lowest BCUT2D eigenvalue weighted by atomic mass is 10.3. The Hall–Kier alpha value is -2.23. The molecule has 88 valence electrons. The van der Waals surface area contributed by atoms with Crippen molar-refractivity contribution in [2.45, 2.75) is 0 Å². The lowest BCUT2D eigenvalue weighted by Gasteiger charge is -2.12. The van der Waals surface area contributed by atoms with Gasteiger partial charge in [-0.3, -0.25) is 0 Å². The fourth-order valence-corrected chi connectivity index (χ4v) is 1.46. The van der Waals surface area contributed by atoms with Crippen molar-refractivity contribution in [3.63, 3.8) is 0 Å². The highest BCUT2D eigenvalue weighted by molar-refractivity contribution is 5.88. The van der Waals surface area contributed by atoms with E-state index in [1.807, 2.05) is 53.4 Å². The van der Waals surface area contributed by atoms with E-state index in [0.29, 0.717) is 0 Å². The molecule has 0 unspecified atom stereocenters. The Kier molecular flexibility index (Phi) is 3.14. The van der Waals surface area contributed by atoms with Gasteiger partial charge in [0.15, 0.2) is 0 Å². The molecule has 0 aliphatic rings. The molecule has 0 spiro atoms. The molecule has 0 aliphatic carbocycles. The van der Waals surface area contributed by atoms with Gasteiger partial charge in [0.05, 0.1) is 0 Å². The maximum absolute atomic E-state index is 11.4. The molecule has 17 heavy (non-hydrogen) atoms. The number of carbonyl (C=O) groups is 1. The van der Waals surface area contributed by atoms with Gasteiger partial charge in [0.1, 0.15) is 0 Å². The lowest BCUT2D eigenvalue weighted by molar-refractivity contribution is 0.230. The zero-order chi connectivity index (χ0) is 12.3. The molecule has 4 nitrogen and oxygen atoms in total. The minimum Gasteiger partial charge on any atom is -0.331 e. The first-order valence-electron chi connectivity index (χ1n) is 5.38. The molecule has 0 aliphatic heterocycles. The topological polar surface area (TPSA) is 37.3 Å². The van der Waals surface area contributed by atoms with Gasteiger partial charge in [-0.05, 0) is 36.4 Å². The smallest absolute Gasteiger partial charge is 0.321 e. The van der Waals surface area contributed by atoms with Gasteiger partial charge in [-0.15, -0.1) is 0 Å². The molecule has 0 saturated heterocycles. The highest BCUT2D eigenvalue weighted by atomic mass is 16.2. The SMILES string of the molecule is CN(C)C(=O)Nc1ccc(-n2cccc2)cc1. The molecule has 0 radical (unpaired) electrons. The van der Waals surface area contributed by atoms with Gasteiger partial charge in [-0.2, -0.15) is 0 Å². The number of anilines is 1. The highest BCUT2D eigenvalue weighted by Gasteiger charge is 2.03. The number of urea groups is 1. The molecule has 0 fully saturated rings. The largest absolute Gasteiger partial charge is 0.331 e. The van der Waals surface area contributed by atoms with Crippen LogP contribution in [0.5, 0.6) is 0 Å². The van der Waals surface area contributed by atoms with Gasteiger partial charge in [0.2, 0.25) is 0 Å². The summed E-state index contributed by atoms with van der Waals surface area (Å²) in [5.41, 5.74) is 1.86. The Morgan fingerprint density at radius 2 is 1.71 bits per heavy atom. The van der Waals surface area contributed by atoms with Crippen LogP contribution in [0, 0.1) is 0 Å². The van der Waals surface area contributed by atoms with Crippen molar-refractivity contribution >= 4 is 11.7 Å². The van der Waals surface area contributed by atoms with Gasteiger partial charge >= 0.3 is 6.03 Å². The maximum atomic E-state index is 11.4. The van der Waals surface area contributed by atoms with E-state index in [4.69, 9.17) is 0 Å². The zero-order valence-corrected chi connectivity index (χ0v) is 9.92. The first-order valence-corrected chi connectivity index (χ1v) is 5.38. The molecule has 0 bridgehead atoms. The third-order valence-corrected chi connectivity index (χ3v) is 2.43. The van der Waals surface area contributed by atoms with E-state index in [1.54, 1.807) is 14.1 Å². The third-order valence-electron chi connectivity index (χ3n) is 2.43. The monoisotopic (exact) mass is 229 g/mol. The molecule has 1 N–H and O–H groups in total. The molecular weight excluding hydrogens is 214 g/mol. The maximum Gasteiger partial charge on any atom is 0.321 e. The summed E-state index contributed by atoms with van der Waals surface area (Å²) in [4.78, 5) is 12.9. The Bertz CT molecular complexity index is 486. The van der Waals surface area contributed by atoms with Crippen LogP contribution in [0.1, 0.15) is 0 Å². The number of aromatic nitrogens is 1. The second-order valence-electron chi connectivity index (χ2n) is 3.96. The van der Waals surface area contributed by atoms with Gasteiger partial charge in [-0.25, -0.2) is 4.79 Å². The second-order valence-corrected chi connectivity index (χ2v) is 3.96. The lowest BCUT2D eigenvalue weighted by Crippen LogP contribution is -2.27. The quantitative estimate of drug-likeness (QED) is 0.844. The van der Waals surface area contributed by atoms with Crippen molar-refractivity contribution in [2.24, 2.45) is 0 Å². The summed E-state index contributed by atoms with van der Waals surface area (Å²) in [6.07, 6.45) is 3.96. The molecule has 1 aromatic heterocycles. The molecule has 2 rings (SSSR count). The Morgan fingerprint density at radius 3 is 2.24 bits per heavy atom.